The Balaban J connectivity index is 2.25. The maximum Gasteiger partial charge on any atom is 0.310 e. The molecule has 0 unspecified atom stereocenters. The lowest BCUT2D eigenvalue weighted by Crippen LogP contribution is -2.14. The lowest BCUT2D eigenvalue weighted by molar-refractivity contribution is -0.147. The number of carbonyl (C=O) groups excluding carboxylic acids is 1. The molecule has 0 spiro atoms. The molecule has 0 N–H and O–H groups in total. The van der Waals surface area contributed by atoms with Gasteiger partial charge in [-0.15, -0.1) is 6.42 Å². The smallest absolute Gasteiger partial charge is 0.310 e. The van der Waals surface area contributed by atoms with E-state index >= 15 is 0 Å². The van der Waals surface area contributed by atoms with Crippen LogP contribution in [0.3, 0.4) is 0 Å². The number of hydrogen-bond acceptors (Lipinski definition) is 2. The molecule has 1 aromatic carbocycles. The average molecular weight is 405 g/mol. The first kappa shape index (κ1) is 20.7. The van der Waals surface area contributed by atoms with Gasteiger partial charge in [0.05, 0.1) is 11.5 Å². The van der Waals surface area contributed by atoms with Crippen molar-refractivity contribution >= 4 is 29.2 Å². The van der Waals surface area contributed by atoms with E-state index in [9.17, 15) is 18.0 Å². The van der Waals surface area contributed by atoms with Gasteiger partial charge < -0.3 is 4.74 Å². The molecule has 1 aliphatic carbocycles. The zero-order valence-corrected chi connectivity index (χ0v) is 15.9. The maximum absolute atomic E-state index is 14.3. The Morgan fingerprint density at radius 1 is 1.23 bits per heavy atom. The Bertz CT molecular complexity index is 821. The summed E-state index contributed by atoms with van der Waals surface area (Å²) in [6.45, 7) is 4.63. The standard InChI is InChI=1S/C19H17Cl2F3O2/c1-5-9-11(17(24)16(23)10(6-2)15(9)22)8-26-18(25)14-12(7-13(20)21)19(14,3)4/h2,7,12,14H,5,8H2,1,3-4H3/t12-,14+/m1/s1. The van der Waals surface area contributed by atoms with E-state index in [0.29, 0.717) is 0 Å². The number of rotatable bonds is 5. The average Bonchev–Trinajstić information content (AvgIpc) is 3.09. The van der Waals surface area contributed by atoms with Crippen LogP contribution < -0.4 is 0 Å². The first-order chi connectivity index (χ1) is 12.1. The van der Waals surface area contributed by atoms with E-state index in [1.807, 2.05) is 13.8 Å². The van der Waals surface area contributed by atoms with Crippen LogP contribution in [0.1, 0.15) is 37.5 Å². The van der Waals surface area contributed by atoms with Gasteiger partial charge in [-0.3, -0.25) is 4.79 Å². The summed E-state index contributed by atoms with van der Waals surface area (Å²) in [5.74, 6) is -3.35. The first-order valence-electron chi connectivity index (χ1n) is 7.92. The van der Waals surface area contributed by atoms with Crippen LogP contribution >= 0.6 is 23.2 Å². The van der Waals surface area contributed by atoms with Gasteiger partial charge in [-0.25, -0.2) is 13.2 Å². The number of carbonyl (C=O) groups is 1. The minimum Gasteiger partial charge on any atom is -0.460 e. The highest BCUT2D eigenvalue weighted by Gasteiger charge is 2.61. The van der Waals surface area contributed by atoms with Crippen LogP contribution in [0.5, 0.6) is 0 Å². The number of allylic oxidation sites excluding steroid dienone is 1. The Morgan fingerprint density at radius 3 is 2.35 bits per heavy atom. The van der Waals surface area contributed by atoms with Gasteiger partial charge in [0.15, 0.2) is 11.6 Å². The number of halogens is 5. The number of benzene rings is 1. The minimum atomic E-state index is -1.46. The second-order valence-corrected chi connectivity index (χ2v) is 7.67. The lowest BCUT2D eigenvalue weighted by Gasteiger charge is -2.14. The molecule has 7 heteroatoms. The van der Waals surface area contributed by atoms with Gasteiger partial charge in [-0.05, 0) is 29.4 Å². The van der Waals surface area contributed by atoms with Gasteiger partial charge in [-0.2, -0.15) is 0 Å². The molecule has 1 aromatic rings. The number of ether oxygens (including phenoxy) is 1. The predicted molar refractivity (Wildman–Crippen MR) is 94.0 cm³/mol. The molecule has 1 fully saturated rings. The molecule has 0 heterocycles. The lowest BCUT2D eigenvalue weighted by atomic mass is 10.00. The van der Waals surface area contributed by atoms with Crippen LogP contribution in [0.2, 0.25) is 0 Å². The second-order valence-electron chi connectivity index (χ2n) is 6.66. The Morgan fingerprint density at radius 2 is 1.85 bits per heavy atom. The summed E-state index contributed by atoms with van der Waals surface area (Å²) in [5, 5.41) is 0. The molecule has 2 atom stereocenters. The van der Waals surface area contributed by atoms with Crippen molar-refractivity contribution in [2.45, 2.75) is 33.8 Å². The molecule has 0 bridgehead atoms. The summed E-state index contributed by atoms with van der Waals surface area (Å²) in [7, 11) is 0. The fraction of sp³-hybridized carbons (Fsp3) is 0.421. The zero-order chi connectivity index (χ0) is 19.8. The van der Waals surface area contributed by atoms with E-state index in [1.165, 1.54) is 6.08 Å². The third-order valence-electron chi connectivity index (χ3n) is 4.85. The summed E-state index contributed by atoms with van der Waals surface area (Å²) < 4.78 is 47.6. The SMILES string of the molecule is C#Cc1c(F)c(F)c(COC(=O)[C@@H]2[C@@H](C=C(Cl)Cl)C2(C)C)c(CC)c1F. The van der Waals surface area contributed by atoms with E-state index in [4.69, 9.17) is 34.4 Å². The highest BCUT2D eigenvalue weighted by molar-refractivity contribution is 6.55. The molecule has 2 rings (SSSR count). The Hall–Kier alpha value is -1.64. The summed E-state index contributed by atoms with van der Waals surface area (Å²) >= 11 is 11.3. The maximum atomic E-state index is 14.3. The molecular formula is C19H17Cl2F3O2. The van der Waals surface area contributed by atoms with Crippen molar-refractivity contribution in [1.82, 2.24) is 0 Å². The normalized spacial score (nSPS) is 20.3. The molecule has 26 heavy (non-hydrogen) atoms. The molecule has 0 aliphatic heterocycles. The monoisotopic (exact) mass is 404 g/mol. The van der Waals surface area contributed by atoms with Crippen molar-refractivity contribution in [1.29, 1.82) is 0 Å². The molecular weight excluding hydrogens is 388 g/mol. The molecule has 0 radical (unpaired) electrons. The molecule has 0 aromatic heterocycles. The van der Waals surface area contributed by atoms with Gasteiger partial charge in [0.1, 0.15) is 16.9 Å². The van der Waals surface area contributed by atoms with Crippen molar-refractivity contribution in [2.24, 2.45) is 17.3 Å². The van der Waals surface area contributed by atoms with E-state index in [2.05, 4.69) is 0 Å². The number of terminal acetylenes is 1. The Labute approximate surface area is 160 Å². The third-order valence-corrected chi connectivity index (χ3v) is 5.10. The second kappa shape index (κ2) is 7.54. The molecule has 2 nitrogen and oxygen atoms in total. The predicted octanol–water partition coefficient (Wildman–Crippen LogP) is 5.28. The van der Waals surface area contributed by atoms with E-state index < -0.39 is 46.9 Å². The quantitative estimate of drug-likeness (QED) is 0.379. The van der Waals surface area contributed by atoms with Crippen molar-refractivity contribution < 1.29 is 22.7 Å². The highest BCUT2D eigenvalue weighted by Crippen LogP contribution is 2.60. The first-order valence-corrected chi connectivity index (χ1v) is 8.67. The number of hydrogen-bond donors (Lipinski definition) is 0. The third kappa shape index (κ3) is 3.58. The van der Waals surface area contributed by atoms with Crippen molar-refractivity contribution in [3.63, 3.8) is 0 Å². The minimum absolute atomic E-state index is 0.0340. The van der Waals surface area contributed by atoms with E-state index in [0.717, 1.165) is 0 Å². The van der Waals surface area contributed by atoms with Crippen molar-refractivity contribution in [3.8, 4) is 12.3 Å². The van der Waals surface area contributed by atoms with Crippen LogP contribution in [-0.2, 0) is 22.6 Å². The van der Waals surface area contributed by atoms with Crippen LogP contribution in [0.4, 0.5) is 13.2 Å². The fourth-order valence-corrected chi connectivity index (χ4v) is 3.48. The fourth-order valence-electron chi connectivity index (χ4n) is 3.21. The number of esters is 1. The van der Waals surface area contributed by atoms with E-state index in [1.54, 1.807) is 12.8 Å². The van der Waals surface area contributed by atoms with Crippen LogP contribution in [0.15, 0.2) is 10.6 Å². The highest BCUT2D eigenvalue weighted by atomic mass is 35.5. The van der Waals surface area contributed by atoms with E-state index in [-0.39, 0.29) is 28.0 Å². The van der Waals surface area contributed by atoms with Crippen LogP contribution in [-0.4, -0.2) is 5.97 Å². The molecule has 1 saturated carbocycles. The topological polar surface area (TPSA) is 26.3 Å². The van der Waals surface area contributed by atoms with Gasteiger partial charge in [0.2, 0.25) is 0 Å². The van der Waals surface area contributed by atoms with Crippen LogP contribution in [0, 0.1) is 47.0 Å². The van der Waals surface area contributed by atoms with Gasteiger partial charge in [0, 0.05) is 5.56 Å². The zero-order valence-electron chi connectivity index (χ0n) is 14.4. The van der Waals surface area contributed by atoms with Crippen LogP contribution in [0.25, 0.3) is 0 Å². The van der Waals surface area contributed by atoms with Crippen molar-refractivity contribution in [3.05, 3.63) is 44.7 Å². The Kier molecular flexibility index (Phi) is 5.99. The summed E-state index contributed by atoms with van der Waals surface area (Å²) in [6.07, 6.45) is 6.64. The molecule has 1 aliphatic rings. The summed E-state index contributed by atoms with van der Waals surface area (Å²) in [4.78, 5) is 12.3. The van der Waals surface area contributed by atoms with Gasteiger partial charge in [0.25, 0.3) is 0 Å². The largest absolute Gasteiger partial charge is 0.460 e. The van der Waals surface area contributed by atoms with Crippen molar-refractivity contribution in [2.75, 3.05) is 0 Å². The summed E-state index contributed by atoms with van der Waals surface area (Å²) in [6, 6.07) is 0. The van der Waals surface area contributed by atoms with Gasteiger partial charge >= 0.3 is 5.97 Å². The summed E-state index contributed by atoms with van der Waals surface area (Å²) in [5.41, 5.74) is -1.65. The van der Waals surface area contributed by atoms with Gasteiger partial charge in [-0.1, -0.05) is 49.9 Å². The molecule has 140 valence electrons. The molecule has 0 saturated heterocycles. The molecule has 0 amide bonds.